The lowest BCUT2D eigenvalue weighted by molar-refractivity contribution is -0.138. The highest BCUT2D eigenvalue weighted by Gasteiger charge is 1.97. The van der Waals surface area contributed by atoms with Crippen LogP contribution in [-0.2, 0) is 19.1 Å². The molecule has 0 aromatic heterocycles. The molecular weight excluding hydrogens is 460 g/mol. The van der Waals surface area contributed by atoms with Crippen LogP contribution in [0.3, 0.4) is 0 Å². The molecule has 0 unspecified atom stereocenters. The van der Waals surface area contributed by atoms with Crippen LogP contribution in [0.2, 0.25) is 0 Å². The third-order valence-corrected chi connectivity index (χ3v) is 6.57. The SMILES string of the molecule is C=CC(=O)OCCCCCCCCCCCCC.C=CC(=O)OCCCCCCCCCCCCCC. The van der Waals surface area contributed by atoms with Gasteiger partial charge in [0.25, 0.3) is 0 Å². The average molecular weight is 523 g/mol. The molecule has 0 amide bonds. The Bertz CT molecular complexity index is 501. The number of hydrogen-bond acceptors (Lipinski definition) is 4. The number of unbranched alkanes of at least 4 members (excludes halogenated alkanes) is 21. The summed E-state index contributed by atoms with van der Waals surface area (Å²) in [5, 5.41) is 0. The summed E-state index contributed by atoms with van der Waals surface area (Å²) in [7, 11) is 0. The van der Waals surface area contributed by atoms with Gasteiger partial charge in [0.15, 0.2) is 0 Å². The van der Waals surface area contributed by atoms with Crippen LogP contribution < -0.4 is 0 Å². The molecule has 218 valence electrons. The number of esters is 2. The monoisotopic (exact) mass is 522 g/mol. The summed E-state index contributed by atoms with van der Waals surface area (Å²) in [6.45, 7) is 12.3. The minimum absolute atomic E-state index is 0.303. The first kappa shape index (κ1) is 37.6. The second kappa shape index (κ2) is 34.4. The van der Waals surface area contributed by atoms with Gasteiger partial charge in [0.1, 0.15) is 0 Å². The van der Waals surface area contributed by atoms with Crippen LogP contribution in [0.25, 0.3) is 0 Å². The summed E-state index contributed by atoms with van der Waals surface area (Å²) in [5.41, 5.74) is 0. The number of ether oxygens (including phenoxy) is 2. The molecular formula is C33H62O4. The van der Waals surface area contributed by atoms with Crippen LogP contribution in [0.1, 0.15) is 162 Å². The van der Waals surface area contributed by atoms with Crippen molar-refractivity contribution in [1.29, 1.82) is 0 Å². The maximum Gasteiger partial charge on any atom is 0.330 e. The molecule has 4 nitrogen and oxygen atoms in total. The molecule has 0 spiro atoms. The van der Waals surface area contributed by atoms with E-state index in [9.17, 15) is 9.59 Å². The maximum absolute atomic E-state index is 10.8. The van der Waals surface area contributed by atoms with Gasteiger partial charge < -0.3 is 9.47 Å². The second-order valence-electron chi connectivity index (χ2n) is 10.2. The number of rotatable bonds is 27. The van der Waals surface area contributed by atoms with Crippen LogP contribution in [-0.4, -0.2) is 25.2 Å². The van der Waals surface area contributed by atoms with Gasteiger partial charge in [-0.15, -0.1) is 0 Å². The Kier molecular flexibility index (Phi) is 35.0. The summed E-state index contributed by atoms with van der Waals surface area (Å²) in [4.78, 5) is 21.5. The first-order valence-corrected chi connectivity index (χ1v) is 15.7. The Balaban J connectivity index is 0. The van der Waals surface area contributed by atoms with Crippen molar-refractivity contribution in [2.75, 3.05) is 13.2 Å². The Hall–Kier alpha value is -1.58. The Morgan fingerprint density at radius 3 is 0.865 bits per heavy atom. The second-order valence-corrected chi connectivity index (χ2v) is 10.2. The van der Waals surface area contributed by atoms with Crippen molar-refractivity contribution in [2.24, 2.45) is 0 Å². The minimum atomic E-state index is -0.304. The summed E-state index contributed by atoms with van der Waals surface area (Å²) in [5.74, 6) is -0.606. The summed E-state index contributed by atoms with van der Waals surface area (Å²) in [6, 6.07) is 0. The van der Waals surface area contributed by atoms with Crippen LogP contribution in [0.15, 0.2) is 25.3 Å². The van der Waals surface area contributed by atoms with Crippen molar-refractivity contribution in [3.8, 4) is 0 Å². The van der Waals surface area contributed by atoms with Crippen LogP contribution in [0, 0.1) is 0 Å². The molecule has 0 aliphatic heterocycles. The molecule has 0 radical (unpaired) electrons. The molecule has 0 saturated heterocycles. The van der Waals surface area contributed by atoms with Crippen LogP contribution in [0.5, 0.6) is 0 Å². The number of hydrogen-bond donors (Lipinski definition) is 0. The predicted molar refractivity (Wildman–Crippen MR) is 160 cm³/mol. The number of carbonyl (C=O) groups excluding carboxylic acids is 2. The molecule has 0 atom stereocenters. The maximum atomic E-state index is 10.8. The topological polar surface area (TPSA) is 52.6 Å². The van der Waals surface area contributed by atoms with Gasteiger partial charge in [-0.05, 0) is 12.8 Å². The van der Waals surface area contributed by atoms with Crippen molar-refractivity contribution in [3.05, 3.63) is 25.3 Å². The standard InChI is InChI=1S/C17H32O2.C16H30O2/c1-3-5-6-7-8-9-10-11-12-13-14-15-16-19-17(18)4-2;1-3-5-6-7-8-9-10-11-12-13-14-15-18-16(17)4-2/h4H,2-3,5-16H2,1H3;4H,2-3,5-15H2,1H3. The lowest BCUT2D eigenvalue weighted by atomic mass is 10.1. The van der Waals surface area contributed by atoms with Crippen molar-refractivity contribution in [1.82, 2.24) is 0 Å². The zero-order valence-electron chi connectivity index (χ0n) is 24.9. The van der Waals surface area contributed by atoms with E-state index in [0.717, 1.165) is 12.8 Å². The van der Waals surface area contributed by atoms with E-state index in [0.29, 0.717) is 13.2 Å². The van der Waals surface area contributed by atoms with Crippen LogP contribution >= 0.6 is 0 Å². The molecule has 0 heterocycles. The fraction of sp³-hybridized carbons (Fsp3) is 0.818. The highest BCUT2D eigenvalue weighted by Crippen LogP contribution is 2.12. The van der Waals surface area contributed by atoms with E-state index in [1.54, 1.807) is 0 Å². The third kappa shape index (κ3) is 36.6. The summed E-state index contributed by atoms with van der Waals surface area (Å²) >= 11 is 0. The smallest absolute Gasteiger partial charge is 0.330 e. The van der Waals surface area contributed by atoms with Crippen molar-refractivity contribution < 1.29 is 19.1 Å². The lowest BCUT2D eigenvalue weighted by Gasteiger charge is -2.03. The molecule has 0 aromatic rings. The van der Waals surface area contributed by atoms with E-state index in [1.807, 2.05) is 0 Å². The van der Waals surface area contributed by atoms with Gasteiger partial charge in [0.2, 0.25) is 0 Å². The summed E-state index contributed by atoms with van der Waals surface area (Å²) < 4.78 is 9.84. The first-order valence-electron chi connectivity index (χ1n) is 15.7. The predicted octanol–water partition coefficient (Wildman–Crippen LogP) is 10.4. The molecule has 0 aromatic carbocycles. The zero-order chi connectivity index (χ0) is 27.7. The van der Waals surface area contributed by atoms with Crippen molar-refractivity contribution >= 4 is 11.9 Å². The van der Waals surface area contributed by atoms with Gasteiger partial charge in [-0.3, -0.25) is 0 Å². The Labute approximate surface area is 231 Å². The molecule has 37 heavy (non-hydrogen) atoms. The molecule has 0 aliphatic carbocycles. The molecule has 0 saturated carbocycles. The van der Waals surface area contributed by atoms with Crippen molar-refractivity contribution in [2.45, 2.75) is 162 Å². The van der Waals surface area contributed by atoms with E-state index < -0.39 is 0 Å². The highest BCUT2D eigenvalue weighted by molar-refractivity contribution is 5.81. The van der Waals surface area contributed by atoms with Gasteiger partial charge in [0.05, 0.1) is 13.2 Å². The highest BCUT2D eigenvalue weighted by atomic mass is 16.5. The van der Waals surface area contributed by atoms with Gasteiger partial charge in [0, 0.05) is 12.2 Å². The molecule has 0 aliphatic rings. The fourth-order valence-electron chi connectivity index (χ4n) is 4.17. The molecule has 0 bridgehead atoms. The van der Waals surface area contributed by atoms with Gasteiger partial charge in [-0.1, -0.05) is 162 Å². The third-order valence-electron chi connectivity index (χ3n) is 6.57. The molecule has 0 N–H and O–H groups in total. The Morgan fingerprint density at radius 1 is 0.432 bits per heavy atom. The van der Waals surface area contributed by atoms with E-state index in [4.69, 9.17) is 9.47 Å². The van der Waals surface area contributed by atoms with E-state index in [2.05, 4.69) is 27.0 Å². The quantitative estimate of drug-likeness (QED) is 0.0611. The van der Waals surface area contributed by atoms with Gasteiger partial charge in [-0.25, -0.2) is 9.59 Å². The minimum Gasteiger partial charge on any atom is -0.463 e. The van der Waals surface area contributed by atoms with Crippen molar-refractivity contribution in [3.63, 3.8) is 0 Å². The van der Waals surface area contributed by atoms with Crippen LogP contribution in [0.4, 0.5) is 0 Å². The summed E-state index contributed by atoms with van der Waals surface area (Å²) in [6.07, 6.45) is 32.7. The average Bonchev–Trinajstić information content (AvgIpc) is 2.91. The zero-order valence-corrected chi connectivity index (χ0v) is 24.9. The Morgan fingerprint density at radius 2 is 0.649 bits per heavy atom. The van der Waals surface area contributed by atoms with E-state index >= 15 is 0 Å². The molecule has 0 rings (SSSR count). The van der Waals surface area contributed by atoms with Gasteiger partial charge in [-0.2, -0.15) is 0 Å². The molecule has 4 heteroatoms. The van der Waals surface area contributed by atoms with Gasteiger partial charge >= 0.3 is 11.9 Å². The van der Waals surface area contributed by atoms with E-state index in [-0.39, 0.29) is 11.9 Å². The van der Waals surface area contributed by atoms with E-state index in [1.165, 1.54) is 147 Å². The largest absolute Gasteiger partial charge is 0.463 e. The molecule has 0 fully saturated rings. The fourth-order valence-corrected chi connectivity index (χ4v) is 4.17. The first-order chi connectivity index (χ1) is 18.1. The number of carbonyl (C=O) groups is 2. The lowest BCUT2D eigenvalue weighted by Crippen LogP contribution is -2.01. The normalized spacial score (nSPS) is 10.3.